The van der Waals surface area contributed by atoms with Crippen LogP contribution in [-0.2, 0) is 10.1 Å². The Balaban J connectivity index is 2.17. The summed E-state index contributed by atoms with van der Waals surface area (Å²) in [4.78, 5) is -0.186. The zero-order valence-corrected chi connectivity index (χ0v) is 13.9. The van der Waals surface area contributed by atoms with Gasteiger partial charge in [-0.15, -0.1) is 0 Å². The third kappa shape index (κ3) is 3.67. The summed E-state index contributed by atoms with van der Waals surface area (Å²) in [6.07, 6.45) is 0. The van der Waals surface area contributed by atoms with Gasteiger partial charge in [0.1, 0.15) is 10.1 Å². The van der Waals surface area contributed by atoms with Crippen molar-refractivity contribution < 1.29 is 13.0 Å². The smallest absolute Gasteiger partial charge is 0.124 e. The van der Waals surface area contributed by atoms with Gasteiger partial charge in [0.25, 0.3) is 0 Å². The molecule has 0 aromatic heterocycles. The maximum absolute atomic E-state index is 11.3. The maximum atomic E-state index is 11.3. The molecule has 3 aromatic carbocycles. The molecule has 5 heteroatoms. The first kappa shape index (κ1) is 15.9. The van der Waals surface area contributed by atoms with Gasteiger partial charge in [-0.2, -0.15) is 0 Å². The summed E-state index contributed by atoms with van der Waals surface area (Å²) < 4.78 is 34.0. The molecule has 0 N–H and O–H groups in total. The van der Waals surface area contributed by atoms with E-state index in [4.69, 9.17) is 0 Å². The average Bonchev–Trinajstić information content (AvgIpc) is 2.57. The van der Waals surface area contributed by atoms with Gasteiger partial charge in [-0.3, -0.25) is 0 Å². The van der Waals surface area contributed by atoms with E-state index in [0.29, 0.717) is 0 Å². The van der Waals surface area contributed by atoms with Gasteiger partial charge < -0.3 is 4.55 Å². The minimum atomic E-state index is -4.46. The Morgan fingerprint density at radius 3 is 1.61 bits per heavy atom. The van der Waals surface area contributed by atoms with E-state index in [2.05, 4.69) is 0 Å². The van der Waals surface area contributed by atoms with Crippen molar-refractivity contribution in [2.24, 2.45) is 0 Å². The topological polar surface area (TPSA) is 57.2 Å². The molecule has 0 heterocycles. The van der Waals surface area contributed by atoms with Gasteiger partial charge >= 0.3 is 0 Å². The Bertz CT molecular complexity index is 854. The Hall–Kier alpha value is -2.00. The van der Waals surface area contributed by atoms with Gasteiger partial charge in [-0.1, -0.05) is 72.8 Å². The Morgan fingerprint density at radius 2 is 1.13 bits per heavy atom. The van der Waals surface area contributed by atoms with E-state index < -0.39 is 18.0 Å². The van der Waals surface area contributed by atoms with E-state index in [1.54, 1.807) is 6.07 Å². The highest BCUT2D eigenvalue weighted by Crippen LogP contribution is 2.33. The van der Waals surface area contributed by atoms with Crippen LogP contribution in [0.5, 0.6) is 0 Å². The first-order valence-corrected chi connectivity index (χ1v) is 9.77. The fraction of sp³-hybridized carbons (Fsp3) is 0. The molecule has 0 saturated carbocycles. The van der Waals surface area contributed by atoms with Crippen molar-refractivity contribution in [3.63, 3.8) is 0 Å². The van der Waals surface area contributed by atoms with Gasteiger partial charge in [0.15, 0.2) is 0 Å². The predicted molar refractivity (Wildman–Crippen MR) is 93.1 cm³/mol. The van der Waals surface area contributed by atoms with Crippen LogP contribution < -0.4 is 15.9 Å². The van der Waals surface area contributed by atoms with Crippen LogP contribution in [0.4, 0.5) is 0 Å². The summed E-state index contributed by atoms with van der Waals surface area (Å²) in [5, 5.41) is 3.05. The van der Waals surface area contributed by atoms with Crippen molar-refractivity contribution in [3.05, 3.63) is 84.9 Å². The first-order chi connectivity index (χ1) is 11.1. The van der Waals surface area contributed by atoms with Gasteiger partial charge in [0, 0.05) is 0 Å². The quantitative estimate of drug-likeness (QED) is 0.541. The molecular formula is C18H14O3PS-. The molecule has 0 radical (unpaired) electrons. The number of rotatable bonds is 4. The van der Waals surface area contributed by atoms with Crippen LogP contribution in [-0.4, -0.2) is 13.0 Å². The molecule has 0 aliphatic heterocycles. The highest BCUT2D eigenvalue weighted by Gasteiger charge is 2.17. The summed E-state index contributed by atoms with van der Waals surface area (Å²) in [6, 6.07) is 26.2. The minimum Gasteiger partial charge on any atom is -0.744 e. The fourth-order valence-corrected chi connectivity index (χ4v) is 5.32. The van der Waals surface area contributed by atoms with Crippen LogP contribution in [0, 0.1) is 0 Å². The number of benzene rings is 3. The minimum absolute atomic E-state index is 0.186. The van der Waals surface area contributed by atoms with Crippen LogP contribution in [0.1, 0.15) is 0 Å². The summed E-state index contributed by atoms with van der Waals surface area (Å²) in [6.45, 7) is 0. The fourth-order valence-electron chi connectivity index (χ4n) is 2.38. The Kier molecular flexibility index (Phi) is 4.58. The van der Waals surface area contributed by atoms with Gasteiger partial charge in [0.2, 0.25) is 0 Å². The molecule has 0 aliphatic carbocycles. The molecule has 0 spiro atoms. The Morgan fingerprint density at radius 1 is 0.652 bits per heavy atom. The second-order valence-electron chi connectivity index (χ2n) is 4.96. The van der Waals surface area contributed by atoms with Crippen LogP contribution in [0.3, 0.4) is 0 Å². The zero-order valence-electron chi connectivity index (χ0n) is 12.2. The lowest BCUT2D eigenvalue weighted by Crippen LogP contribution is -2.21. The van der Waals surface area contributed by atoms with Crippen LogP contribution in [0.2, 0.25) is 0 Å². The van der Waals surface area contributed by atoms with E-state index in [0.717, 1.165) is 15.9 Å². The normalized spacial score (nSPS) is 11.6. The lowest BCUT2D eigenvalue weighted by molar-refractivity contribution is 0.463. The third-order valence-electron chi connectivity index (χ3n) is 3.39. The van der Waals surface area contributed by atoms with E-state index in [9.17, 15) is 13.0 Å². The summed E-state index contributed by atoms with van der Waals surface area (Å²) >= 11 is 0. The van der Waals surface area contributed by atoms with E-state index in [1.807, 2.05) is 66.7 Å². The maximum Gasteiger partial charge on any atom is 0.124 e. The lowest BCUT2D eigenvalue weighted by atomic mass is 10.3. The molecule has 23 heavy (non-hydrogen) atoms. The second kappa shape index (κ2) is 6.63. The van der Waals surface area contributed by atoms with E-state index in [1.165, 1.54) is 12.1 Å². The average molecular weight is 341 g/mol. The van der Waals surface area contributed by atoms with Crippen molar-refractivity contribution in [3.8, 4) is 0 Å². The van der Waals surface area contributed by atoms with E-state index in [-0.39, 0.29) is 4.90 Å². The lowest BCUT2D eigenvalue weighted by Gasteiger charge is -2.20. The predicted octanol–water partition coefficient (Wildman–Crippen LogP) is 2.35. The molecule has 3 nitrogen and oxygen atoms in total. The highest BCUT2D eigenvalue weighted by molar-refractivity contribution is 7.86. The van der Waals surface area contributed by atoms with Crippen LogP contribution in [0.15, 0.2) is 89.8 Å². The summed E-state index contributed by atoms with van der Waals surface area (Å²) in [5.74, 6) is 0. The molecular weight excluding hydrogens is 327 g/mol. The highest BCUT2D eigenvalue weighted by atomic mass is 32.2. The molecule has 116 valence electrons. The molecule has 3 aromatic rings. The second-order valence-corrected chi connectivity index (χ2v) is 8.56. The van der Waals surface area contributed by atoms with Gasteiger partial charge in [-0.05, 0) is 36.0 Å². The molecule has 0 aliphatic rings. The van der Waals surface area contributed by atoms with Crippen molar-refractivity contribution in [2.75, 3.05) is 0 Å². The Labute approximate surface area is 137 Å². The largest absolute Gasteiger partial charge is 0.744 e. The molecule has 0 saturated heterocycles. The van der Waals surface area contributed by atoms with Crippen molar-refractivity contribution in [2.45, 2.75) is 4.90 Å². The van der Waals surface area contributed by atoms with Crippen LogP contribution in [0.25, 0.3) is 0 Å². The molecule has 3 rings (SSSR count). The standard InChI is InChI=1S/C18H15O3PS/c19-23(20,21)18-13-7-12-17(14-18)22(15-8-3-1-4-9-15)16-10-5-2-6-11-16/h1-14H,(H,19,20,21)/p-1. The van der Waals surface area contributed by atoms with Gasteiger partial charge in [-0.25, -0.2) is 8.42 Å². The monoisotopic (exact) mass is 341 g/mol. The number of hydrogen-bond donors (Lipinski definition) is 0. The van der Waals surface area contributed by atoms with Crippen molar-refractivity contribution >= 4 is 34.0 Å². The SMILES string of the molecule is O=S(=O)([O-])c1cccc(P(c2ccccc2)c2ccccc2)c1. The van der Waals surface area contributed by atoms with Crippen LogP contribution >= 0.6 is 7.92 Å². The molecule has 0 bridgehead atoms. The molecule has 0 amide bonds. The first-order valence-electron chi connectivity index (χ1n) is 7.02. The van der Waals surface area contributed by atoms with E-state index >= 15 is 0 Å². The molecule has 0 atom stereocenters. The summed E-state index contributed by atoms with van der Waals surface area (Å²) in [7, 11) is -5.38. The van der Waals surface area contributed by atoms with Crippen molar-refractivity contribution in [1.82, 2.24) is 0 Å². The third-order valence-corrected chi connectivity index (χ3v) is 6.65. The van der Waals surface area contributed by atoms with Crippen molar-refractivity contribution in [1.29, 1.82) is 0 Å². The molecule has 0 unspecified atom stereocenters. The molecule has 0 fully saturated rings. The summed E-state index contributed by atoms with van der Waals surface area (Å²) in [5.41, 5.74) is 0. The van der Waals surface area contributed by atoms with Gasteiger partial charge in [0.05, 0.1) is 4.90 Å². The number of hydrogen-bond acceptors (Lipinski definition) is 3. The zero-order chi connectivity index (χ0) is 16.3.